The minimum atomic E-state index is -1.69. The summed E-state index contributed by atoms with van der Waals surface area (Å²) in [4.78, 5) is 50.7. The molecule has 2 rings (SSSR count). The lowest BCUT2D eigenvalue weighted by molar-refractivity contribution is -0.174. The molecular formula is C25H28O8. The van der Waals surface area contributed by atoms with Crippen LogP contribution in [0.4, 0.5) is 0 Å². The molecule has 0 aromatic heterocycles. The minimum absolute atomic E-state index is 0.00298. The lowest BCUT2D eigenvalue weighted by Gasteiger charge is -2.22. The Labute approximate surface area is 192 Å². The largest absolute Gasteiger partial charge is 0.466 e. The van der Waals surface area contributed by atoms with Gasteiger partial charge in [0.1, 0.15) is 13.2 Å². The van der Waals surface area contributed by atoms with Crippen LogP contribution in [0.15, 0.2) is 60.7 Å². The van der Waals surface area contributed by atoms with Crippen LogP contribution in [0.25, 0.3) is 0 Å². The molecule has 0 aliphatic rings. The molecule has 0 unspecified atom stereocenters. The van der Waals surface area contributed by atoms with Gasteiger partial charge in [-0.15, -0.1) is 0 Å². The average molecular weight is 456 g/mol. The summed E-state index contributed by atoms with van der Waals surface area (Å²) < 4.78 is 20.6. The van der Waals surface area contributed by atoms with Gasteiger partial charge in [0.25, 0.3) is 0 Å². The van der Waals surface area contributed by atoms with Crippen LogP contribution >= 0.6 is 0 Å². The van der Waals surface area contributed by atoms with Gasteiger partial charge < -0.3 is 18.9 Å². The Morgan fingerprint density at radius 1 is 0.636 bits per heavy atom. The zero-order valence-corrected chi connectivity index (χ0v) is 18.7. The maximum Gasteiger partial charge on any atom is 0.321 e. The molecule has 0 N–H and O–H groups in total. The van der Waals surface area contributed by atoms with E-state index in [9.17, 15) is 19.2 Å². The van der Waals surface area contributed by atoms with Crippen LogP contribution in [0, 0.1) is 11.8 Å². The Hall–Kier alpha value is -3.68. The highest BCUT2D eigenvalue weighted by atomic mass is 16.6. The molecule has 0 amide bonds. The molecule has 33 heavy (non-hydrogen) atoms. The van der Waals surface area contributed by atoms with E-state index in [1.54, 1.807) is 62.4 Å². The van der Waals surface area contributed by atoms with Crippen molar-refractivity contribution in [2.24, 2.45) is 11.8 Å². The Morgan fingerprint density at radius 3 is 1.52 bits per heavy atom. The molecule has 176 valence electrons. The third kappa shape index (κ3) is 8.40. The van der Waals surface area contributed by atoms with Gasteiger partial charge in [0.15, 0.2) is 5.92 Å². The fourth-order valence-electron chi connectivity index (χ4n) is 3.05. The summed E-state index contributed by atoms with van der Waals surface area (Å²) in [6, 6.07) is 17.7. The minimum Gasteiger partial charge on any atom is -0.466 e. The molecule has 0 spiro atoms. The van der Waals surface area contributed by atoms with E-state index in [0.717, 1.165) is 0 Å². The average Bonchev–Trinajstić information content (AvgIpc) is 2.82. The fraction of sp³-hybridized carbons (Fsp3) is 0.360. The van der Waals surface area contributed by atoms with Crippen LogP contribution in [0.5, 0.6) is 0 Å². The molecule has 0 saturated carbocycles. The highest BCUT2D eigenvalue weighted by Gasteiger charge is 2.44. The first-order chi connectivity index (χ1) is 16.0. The number of benzene rings is 2. The van der Waals surface area contributed by atoms with Crippen molar-refractivity contribution in [3.63, 3.8) is 0 Å². The maximum absolute atomic E-state index is 13.0. The molecule has 2 aromatic carbocycles. The number of rotatable bonds is 12. The van der Waals surface area contributed by atoms with E-state index in [-0.39, 0.29) is 26.4 Å². The van der Waals surface area contributed by atoms with E-state index in [1.807, 2.05) is 12.1 Å². The molecular weight excluding hydrogens is 428 g/mol. The SMILES string of the molecule is CCOC(=O)C[C@@H](C(=O)OCC)C(C(=O)OCc1ccccc1)C(=O)OCc1ccccc1. The van der Waals surface area contributed by atoms with E-state index >= 15 is 0 Å². The molecule has 0 bridgehead atoms. The smallest absolute Gasteiger partial charge is 0.321 e. The van der Waals surface area contributed by atoms with E-state index in [1.165, 1.54) is 0 Å². The molecule has 0 fully saturated rings. The number of ether oxygens (including phenoxy) is 4. The highest BCUT2D eigenvalue weighted by Crippen LogP contribution is 2.24. The summed E-state index contributed by atoms with van der Waals surface area (Å²) >= 11 is 0. The lowest BCUT2D eigenvalue weighted by atomic mass is 9.89. The molecule has 2 aromatic rings. The van der Waals surface area contributed by atoms with Crippen molar-refractivity contribution in [3.05, 3.63) is 71.8 Å². The second kappa shape index (κ2) is 13.7. The van der Waals surface area contributed by atoms with Crippen LogP contribution < -0.4 is 0 Å². The van der Waals surface area contributed by atoms with Crippen molar-refractivity contribution in [2.75, 3.05) is 13.2 Å². The van der Waals surface area contributed by atoms with Crippen molar-refractivity contribution < 1.29 is 38.1 Å². The Kier molecular flexibility index (Phi) is 10.6. The van der Waals surface area contributed by atoms with Crippen molar-refractivity contribution in [3.8, 4) is 0 Å². The summed E-state index contributed by atoms with van der Waals surface area (Å²) in [6.45, 7) is 3.04. The van der Waals surface area contributed by atoms with Crippen LogP contribution in [-0.4, -0.2) is 37.1 Å². The van der Waals surface area contributed by atoms with E-state index in [4.69, 9.17) is 18.9 Å². The number of esters is 4. The van der Waals surface area contributed by atoms with Gasteiger partial charge in [-0.1, -0.05) is 60.7 Å². The van der Waals surface area contributed by atoms with E-state index in [2.05, 4.69) is 0 Å². The standard InChI is InChI=1S/C25H28O8/c1-3-30-21(26)15-20(23(27)31-4-2)22(24(28)32-16-18-11-7-5-8-12-18)25(29)33-17-19-13-9-6-10-14-19/h5-14,20,22H,3-4,15-17H2,1-2H3/t20-/m1/s1. The van der Waals surface area contributed by atoms with Gasteiger partial charge >= 0.3 is 23.9 Å². The molecule has 8 heteroatoms. The maximum atomic E-state index is 13.0. The number of hydrogen-bond donors (Lipinski definition) is 0. The normalized spacial score (nSPS) is 11.4. The molecule has 0 radical (unpaired) electrons. The summed E-state index contributed by atoms with van der Waals surface area (Å²) in [5.74, 6) is -6.74. The van der Waals surface area contributed by atoms with Gasteiger partial charge in [0.05, 0.1) is 25.6 Å². The van der Waals surface area contributed by atoms with Crippen LogP contribution in [-0.2, 0) is 51.3 Å². The first-order valence-corrected chi connectivity index (χ1v) is 10.7. The Bertz CT molecular complexity index is 855. The predicted octanol–water partition coefficient (Wildman–Crippen LogP) is 3.22. The van der Waals surface area contributed by atoms with Gasteiger partial charge in [0.2, 0.25) is 0 Å². The first kappa shape index (κ1) is 25.6. The Balaban J connectivity index is 2.25. The molecule has 0 aliphatic carbocycles. The van der Waals surface area contributed by atoms with Crippen LogP contribution in [0.1, 0.15) is 31.4 Å². The third-order valence-electron chi connectivity index (χ3n) is 4.64. The Morgan fingerprint density at radius 2 is 1.09 bits per heavy atom. The molecule has 8 nitrogen and oxygen atoms in total. The molecule has 0 heterocycles. The summed E-state index contributed by atoms with van der Waals surface area (Å²) in [6.07, 6.45) is -0.530. The second-order valence-corrected chi connectivity index (χ2v) is 7.03. The van der Waals surface area contributed by atoms with E-state index < -0.39 is 42.1 Å². The number of carbonyl (C=O) groups excluding carboxylic acids is 4. The zero-order chi connectivity index (χ0) is 24.1. The third-order valence-corrected chi connectivity index (χ3v) is 4.64. The van der Waals surface area contributed by atoms with Crippen molar-refractivity contribution in [1.29, 1.82) is 0 Å². The van der Waals surface area contributed by atoms with Crippen LogP contribution in [0.2, 0.25) is 0 Å². The molecule has 1 atom stereocenters. The lowest BCUT2D eigenvalue weighted by Crippen LogP contribution is -2.40. The van der Waals surface area contributed by atoms with Gasteiger partial charge in [-0.2, -0.15) is 0 Å². The van der Waals surface area contributed by atoms with Crippen molar-refractivity contribution in [2.45, 2.75) is 33.5 Å². The highest BCUT2D eigenvalue weighted by molar-refractivity contribution is 6.00. The van der Waals surface area contributed by atoms with Crippen molar-refractivity contribution in [1.82, 2.24) is 0 Å². The first-order valence-electron chi connectivity index (χ1n) is 10.7. The summed E-state index contributed by atoms with van der Waals surface area (Å²) in [7, 11) is 0. The molecule has 0 aliphatic heterocycles. The van der Waals surface area contributed by atoms with Gasteiger partial charge in [-0.3, -0.25) is 19.2 Å². The predicted molar refractivity (Wildman–Crippen MR) is 117 cm³/mol. The summed E-state index contributed by atoms with van der Waals surface area (Å²) in [5, 5.41) is 0. The number of carbonyl (C=O) groups is 4. The van der Waals surface area contributed by atoms with Gasteiger partial charge in [-0.05, 0) is 25.0 Å². The number of hydrogen-bond acceptors (Lipinski definition) is 8. The van der Waals surface area contributed by atoms with Crippen LogP contribution in [0.3, 0.4) is 0 Å². The summed E-state index contributed by atoms with van der Waals surface area (Å²) in [5.41, 5.74) is 1.39. The quantitative estimate of drug-likeness (QED) is 0.272. The van der Waals surface area contributed by atoms with Gasteiger partial charge in [-0.25, -0.2) is 0 Å². The zero-order valence-electron chi connectivity index (χ0n) is 18.7. The molecule has 0 saturated heterocycles. The van der Waals surface area contributed by atoms with Gasteiger partial charge in [0, 0.05) is 0 Å². The topological polar surface area (TPSA) is 105 Å². The monoisotopic (exact) mass is 456 g/mol. The van der Waals surface area contributed by atoms with E-state index in [0.29, 0.717) is 11.1 Å². The van der Waals surface area contributed by atoms with Crippen molar-refractivity contribution >= 4 is 23.9 Å². The second-order valence-electron chi connectivity index (χ2n) is 7.03. The fourth-order valence-corrected chi connectivity index (χ4v) is 3.05.